The van der Waals surface area contributed by atoms with Crippen LogP contribution in [0, 0.1) is 6.92 Å². The first kappa shape index (κ1) is 10.3. The molecule has 0 unspecified atom stereocenters. The minimum Gasteiger partial charge on any atom is -0.482 e. The van der Waals surface area contributed by atoms with Gasteiger partial charge in [-0.3, -0.25) is 0 Å². The van der Waals surface area contributed by atoms with Crippen molar-refractivity contribution in [3.8, 4) is 5.75 Å². The molecule has 2 N–H and O–H groups in total. The molecule has 1 aromatic carbocycles. The van der Waals surface area contributed by atoms with Gasteiger partial charge in [-0.25, -0.2) is 0 Å². The second kappa shape index (κ2) is 3.74. The van der Waals surface area contributed by atoms with E-state index >= 15 is 0 Å². The van der Waals surface area contributed by atoms with Gasteiger partial charge < -0.3 is 15.2 Å². The molecule has 1 aliphatic heterocycles. The number of benzene rings is 1. The molecule has 0 bridgehead atoms. The van der Waals surface area contributed by atoms with Crippen LogP contribution in [0.4, 0.5) is 5.69 Å². The van der Waals surface area contributed by atoms with Crippen LogP contribution in [0.25, 0.3) is 0 Å². The SMILES string of the molecule is CCC1(Oc2ccc(N)c(C)c2)COC1. The molecule has 1 heterocycles. The number of nitrogens with two attached hydrogens (primary N) is 1. The van der Waals surface area contributed by atoms with E-state index in [1.165, 1.54) is 0 Å². The first-order valence-electron chi connectivity index (χ1n) is 5.28. The minimum absolute atomic E-state index is 0.109. The van der Waals surface area contributed by atoms with Crippen LogP contribution >= 0.6 is 0 Å². The van der Waals surface area contributed by atoms with Crippen molar-refractivity contribution < 1.29 is 9.47 Å². The van der Waals surface area contributed by atoms with Gasteiger partial charge in [-0.2, -0.15) is 0 Å². The molecule has 0 amide bonds. The van der Waals surface area contributed by atoms with Gasteiger partial charge in [0.2, 0.25) is 0 Å². The summed E-state index contributed by atoms with van der Waals surface area (Å²) in [5.74, 6) is 0.881. The highest BCUT2D eigenvalue weighted by Gasteiger charge is 2.39. The predicted octanol–water partition coefficient (Wildman–Crippen LogP) is 2.14. The Bertz CT molecular complexity index is 353. The Morgan fingerprint density at radius 3 is 2.67 bits per heavy atom. The van der Waals surface area contributed by atoms with Crippen LogP contribution in [-0.4, -0.2) is 18.8 Å². The van der Waals surface area contributed by atoms with Gasteiger partial charge >= 0.3 is 0 Å². The van der Waals surface area contributed by atoms with Gasteiger partial charge in [0, 0.05) is 5.69 Å². The van der Waals surface area contributed by atoms with Crippen LogP contribution in [-0.2, 0) is 4.74 Å². The van der Waals surface area contributed by atoms with Gasteiger partial charge in [-0.1, -0.05) is 6.92 Å². The number of aryl methyl sites for hydroxylation is 1. The van der Waals surface area contributed by atoms with Gasteiger partial charge in [-0.15, -0.1) is 0 Å². The summed E-state index contributed by atoms with van der Waals surface area (Å²) in [6, 6.07) is 5.77. The Morgan fingerprint density at radius 1 is 1.47 bits per heavy atom. The standard InChI is InChI=1S/C12H17NO2/c1-3-12(7-14-8-12)15-10-4-5-11(13)9(2)6-10/h4-6H,3,7-8,13H2,1-2H3. The number of anilines is 1. The quantitative estimate of drug-likeness (QED) is 0.772. The molecule has 0 spiro atoms. The highest BCUT2D eigenvalue weighted by atomic mass is 16.6. The van der Waals surface area contributed by atoms with Gasteiger partial charge in [0.1, 0.15) is 5.75 Å². The van der Waals surface area contributed by atoms with Crippen molar-refractivity contribution in [2.24, 2.45) is 0 Å². The number of ether oxygens (including phenoxy) is 2. The third-order valence-corrected chi connectivity index (χ3v) is 2.95. The summed E-state index contributed by atoms with van der Waals surface area (Å²) in [6.07, 6.45) is 0.969. The molecule has 1 saturated heterocycles. The molecule has 0 saturated carbocycles. The molecule has 0 aliphatic carbocycles. The number of hydrogen-bond acceptors (Lipinski definition) is 3. The van der Waals surface area contributed by atoms with Gasteiger partial charge in [-0.05, 0) is 37.1 Å². The molecular weight excluding hydrogens is 190 g/mol. The zero-order valence-electron chi connectivity index (χ0n) is 9.25. The van der Waals surface area contributed by atoms with Crippen molar-refractivity contribution in [1.29, 1.82) is 0 Å². The van der Waals surface area contributed by atoms with E-state index in [2.05, 4.69) is 6.92 Å². The van der Waals surface area contributed by atoms with Crippen LogP contribution in [0.1, 0.15) is 18.9 Å². The Labute approximate surface area is 90.2 Å². The Morgan fingerprint density at radius 2 is 2.20 bits per heavy atom. The smallest absolute Gasteiger partial charge is 0.155 e. The zero-order chi connectivity index (χ0) is 10.9. The third kappa shape index (κ3) is 1.92. The van der Waals surface area contributed by atoms with E-state index in [4.69, 9.17) is 15.2 Å². The van der Waals surface area contributed by atoms with E-state index in [9.17, 15) is 0 Å². The Kier molecular flexibility index (Phi) is 2.57. The molecule has 0 aromatic heterocycles. The minimum atomic E-state index is -0.109. The van der Waals surface area contributed by atoms with Crippen LogP contribution in [0.5, 0.6) is 5.75 Å². The van der Waals surface area contributed by atoms with Crippen LogP contribution < -0.4 is 10.5 Å². The maximum Gasteiger partial charge on any atom is 0.155 e. The van der Waals surface area contributed by atoms with Crippen molar-refractivity contribution in [2.75, 3.05) is 18.9 Å². The van der Waals surface area contributed by atoms with Crippen molar-refractivity contribution in [1.82, 2.24) is 0 Å². The van der Waals surface area contributed by atoms with E-state index in [1.54, 1.807) is 0 Å². The molecule has 15 heavy (non-hydrogen) atoms. The summed E-state index contributed by atoms with van der Waals surface area (Å²) in [5, 5.41) is 0. The lowest BCUT2D eigenvalue weighted by molar-refractivity contribution is -0.162. The van der Waals surface area contributed by atoms with Crippen LogP contribution in [0.3, 0.4) is 0 Å². The third-order valence-electron chi connectivity index (χ3n) is 2.95. The topological polar surface area (TPSA) is 44.5 Å². The van der Waals surface area contributed by atoms with E-state index in [0.717, 1.165) is 23.4 Å². The highest BCUT2D eigenvalue weighted by molar-refractivity contribution is 5.49. The van der Waals surface area contributed by atoms with Gasteiger partial charge in [0.15, 0.2) is 5.60 Å². The predicted molar refractivity (Wildman–Crippen MR) is 60.1 cm³/mol. The summed E-state index contributed by atoms with van der Waals surface area (Å²) in [6.45, 7) is 5.48. The molecule has 2 rings (SSSR count). The molecule has 3 heteroatoms. The van der Waals surface area contributed by atoms with Crippen molar-refractivity contribution in [3.05, 3.63) is 23.8 Å². The van der Waals surface area contributed by atoms with E-state index in [1.807, 2.05) is 25.1 Å². The molecular formula is C12H17NO2. The van der Waals surface area contributed by atoms with E-state index < -0.39 is 0 Å². The zero-order valence-corrected chi connectivity index (χ0v) is 9.25. The van der Waals surface area contributed by atoms with Crippen LogP contribution in [0.2, 0.25) is 0 Å². The summed E-state index contributed by atoms with van der Waals surface area (Å²) in [4.78, 5) is 0. The largest absolute Gasteiger partial charge is 0.482 e. The number of rotatable bonds is 3. The van der Waals surface area contributed by atoms with Gasteiger partial charge in [0.05, 0.1) is 13.2 Å². The molecule has 1 aliphatic rings. The molecule has 0 atom stereocenters. The average molecular weight is 207 g/mol. The first-order chi connectivity index (χ1) is 7.15. The van der Waals surface area contributed by atoms with Crippen molar-refractivity contribution >= 4 is 5.69 Å². The highest BCUT2D eigenvalue weighted by Crippen LogP contribution is 2.29. The number of hydrogen-bond donors (Lipinski definition) is 1. The van der Waals surface area contributed by atoms with E-state index in [-0.39, 0.29) is 5.60 Å². The fourth-order valence-electron chi connectivity index (χ4n) is 1.63. The molecule has 3 nitrogen and oxygen atoms in total. The van der Waals surface area contributed by atoms with Gasteiger partial charge in [0.25, 0.3) is 0 Å². The molecule has 1 fully saturated rings. The maximum atomic E-state index is 5.94. The molecule has 1 aromatic rings. The summed E-state index contributed by atoms with van der Waals surface area (Å²) >= 11 is 0. The molecule has 0 radical (unpaired) electrons. The van der Waals surface area contributed by atoms with E-state index in [0.29, 0.717) is 13.2 Å². The second-order valence-corrected chi connectivity index (χ2v) is 4.15. The Hall–Kier alpha value is -1.22. The fraction of sp³-hybridized carbons (Fsp3) is 0.500. The lowest BCUT2D eigenvalue weighted by Crippen LogP contribution is -2.53. The summed E-state index contributed by atoms with van der Waals surface area (Å²) < 4.78 is 11.1. The monoisotopic (exact) mass is 207 g/mol. The molecule has 82 valence electrons. The second-order valence-electron chi connectivity index (χ2n) is 4.15. The summed E-state index contributed by atoms with van der Waals surface area (Å²) in [7, 11) is 0. The normalized spacial score (nSPS) is 18.3. The fourth-order valence-corrected chi connectivity index (χ4v) is 1.63. The lowest BCUT2D eigenvalue weighted by Gasteiger charge is -2.40. The average Bonchev–Trinajstić information content (AvgIpc) is 2.17. The van der Waals surface area contributed by atoms with Crippen molar-refractivity contribution in [3.63, 3.8) is 0 Å². The number of nitrogen functional groups attached to an aromatic ring is 1. The summed E-state index contributed by atoms with van der Waals surface area (Å²) in [5.41, 5.74) is 7.50. The van der Waals surface area contributed by atoms with Crippen molar-refractivity contribution in [2.45, 2.75) is 25.9 Å². The van der Waals surface area contributed by atoms with Crippen LogP contribution in [0.15, 0.2) is 18.2 Å². The Balaban J connectivity index is 2.13. The lowest BCUT2D eigenvalue weighted by atomic mass is 9.98. The maximum absolute atomic E-state index is 5.94. The first-order valence-corrected chi connectivity index (χ1v) is 5.28.